The summed E-state index contributed by atoms with van der Waals surface area (Å²) in [4.78, 5) is 25.8. The summed E-state index contributed by atoms with van der Waals surface area (Å²) in [6.07, 6.45) is 0.226. The minimum atomic E-state index is -0.461. The van der Waals surface area contributed by atoms with Crippen molar-refractivity contribution < 1.29 is 19.1 Å². The molecule has 34 heavy (non-hydrogen) atoms. The van der Waals surface area contributed by atoms with Gasteiger partial charge >= 0.3 is 5.97 Å². The van der Waals surface area contributed by atoms with E-state index in [0.29, 0.717) is 43.8 Å². The molecule has 3 aromatic rings. The highest BCUT2D eigenvalue weighted by Gasteiger charge is 2.24. The Labute approximate surface area is 215 Å². The topological polar surface area (TPSA) is 95.3 Å². The summed E-state index contributed by atoms with van der Waals surface area (Å²) in [6, 6.07) is 4.98. The van der Waals surface area contributed by atoms with E-state index in [-0.39, 0.29) is 11.7 Å². The van der Waals surface area contributed by atoms with E-state index >= 15 is 0 Å². The van der Waals surface area contributed by atoms with Crippen molar-refractivity contribution in [3.63, 3.8) is 0 Å². The smallest absolute Gasteiger partial charge is 0.341 e. The number of benzene rings is 1. The number of hydrogen-bond acceptors (Lipinski definition) is 8. The summed E-state index contributed by atoms with van der Waals surface area (Å²) >= 11 is 14.7. The molecule has 1 aromatic carbocycles. The van der Waals surface area contributed by atoms with E-state index in [4.69, 9.17) is 32.7 Å². The van der Waals surface area contributed by atoms with Crippen LogP contribution in [0.4, 0.5) is 5.00 Å². The predicted molar refractivity (Wildman–Crippen MR) is 136 cm³/mol. The van der Waals surface area contributed by atoms with Gasteiger partial charge in [0.2, 0.25) is 5.91 Å². The normalized spacial score (nSPS) is 11.9. The van der Waals surface area contributed by atoms with Crippen LogP contribution < -0.4 is 10.1 Å². The summed E-state index contributed by atoms with van der Waals surface area (Å²) in [5.74, 6) is 0.416. The first-order valence-corrected chi connectivity index (χ1v) is 12.9. The molecule has 1 atom stereocenters. The Bertz CT molecular complexity index is 1210. The number of aryl methyl sites for hydroxylation is 1. The number of hydrogen-bond donors (Lipinski definition) is 1. The van der Waals surface area contributed by atoms with Crippen LogP contribution in [0.25, 0.3) is 0 Å². The molecule has 0 spiro atoms. The number of nitrogens with one attached hydrogen (secondary N) is 1. The molecule has 0 radical (unpaired) electrons. The molecule has 0 aliphatic carbocycles. The molecule has 0 saturated heterocycles. The van der Waals surface area contributed by atoms with Gasteiger partial charge in [-0.25, -0.2) is 4.79 Å². The summed E-state index contributed by atoms with van der Waals surface area (Å²) < 4.78 is 12.6. The average Bonchev–Trinajstić information content (AvgIpc) is 3.32. The quantitative estimate of drug-likeness (QED) is 0.273. The third-order valence-electron chi connectivity index (χ3n) is 4.97. The molecular formula is C22H24Cl2N4O4S2. The zero-order valence-corrected chi connectivity index (χ0v) is 22.4. The van der Waals surface area contributed by atoms with Crippen LogP contribution in [0.15, 0.2) is 23.4 Å². The Kier molecular flexibility index (Phi) is 8.86. The largest absolute Gasteiger partial charge is 0.481 e. The first-order valence-electron chi connectivity index (χ1n) is 10.3. The molecule has 1 N–H and O–H groups in total. The van der Waals surface area contributed by atoms with Crippen molar-refractivity contribution in [2.45, 2.75) is 38.5 Å². The van der Waals surface area contributed by atoms with Gasteiger partial charge in [-0.2, -0.15) is 0 Å². The highest BCUT2D eigenvalue weighted by atomic mass is 35.5. The van der Waals surface area contributed by atoms with Crippen LogP contribution in [0, 0.1) is 6.92 Å². The molecule has 0 bridgehead atoms. The molecule has 182 valence electrons. The summed E-state index contributed by atoms with van der Waals surface area (Å²) in [7, 11) is 3.12. The monoisotopic (exact) mass is 542 g/mol. The van der Waals surface area contributed by atoms with Crippen molar-refractivity contribution in [2.75, 3.05) is 18.2 Å². The van der Waals surface area contributed by atoms with Crippen molar-refractivity contribution in [3.05, 3.63) is 50.1 Å². The molecule has 1 unspecified atom stereocenters. The molecule has 1 amide bonds. The van der Waals surface area contributed by atoms with E-state index in [1.165, 1.54) is 30.2 Å². The Morgan fingerprint density at radius 2 is 2.03 bits per heavy atom. The minimum Gasteiger partial charge on any atom is -0.481 e. The zero-order chi connectivity index (χ0) is 25.0. The number of ether oxygens (including phenoxy) is 2. The first-order chi connectivity index (χ1) is 16.2. The minimum absolute atomic E-state index is 0.0866. The van der Waals surface area contributed by atoms with E-state index < -0.39 is 12.1 Å². The molecule has 0 fully saturated rings. The standard InChI is InChI=1S/C22H24Cl2N4O4S2/c1-6-14-12(3)34-20(18(14)21(30)31-5)25-17(29)10-33-22-27-26-19(28(22)4)11(2)32-16-8-7-13(23)9-15(16)24/h7-9,11H,6,10H2,1-5H3,(H,25,29). The third-order valence-corrected chi connectivity index (χ3v) is 7.58. The molecule has 2 aromatic heterocycles. The van der Waals surface area contributed by atoms with Crippen LogP contribution >= 0.6 is 46.3 Å². The van der Waals surface area contributed by atoms with Gasteiger partial charge in [0.05, 0.1) is 23.4 Å². The first kappa shape index (κ1) is 26.3. The maximum absolute atomic E-state index is 12.6. The van der Waals surface area contributed by atoms with Crippen LogP contribution in [0.1, 0.15) is 46.6 Å². The number of halogens is 2. The third kappa shape index (κ3) is 5.86. The molecule has 0 saturated carbocycles. The molecule has 0 aliphatic rings. The Balaban J connectivity index is 1.66. The van der Waals surface area contributed by atoms with Gasteiger partial charge in [-0.15, -0.1) is 21.5 Å². The summed E-state index contributed by atoms with van der Waals surface area (Å²) in [5, 5.41) is 13.2. The maximum atomic E-state index is 12.6. The van der Waals surface area contributed by atoms with Gasteiger partial charge in [-0.05, 0) is 44.0 Å². The van der Waals surface area contributed by atoms with Crippen molar-refractivity contribution in [2.24, 2.45) is 7.05 Å². The lowest BCUT2D eigenvalue weighted by Gasteiger charge is -2.15. The number of methoxy groups -OCH3 is 1. The number of anilines is 1. The Hall–Kier alpha value is -2.27. The number of carbonyl (C=O) groups excluding carboxylic acids is 2. The van der Waals surface area contributed by atoms with E-state index in [1.807, 2.05) is 20.8 Å². The fraction of sp³-hybridized carbons (Fsp3) is 0.364. The van der Waals surface area contributed by atoms with Gasteiger partial charge in [0.25, 0.3) is 0 Å². The van der Waals surface area contributed by atoms with Crippen LogP contribution in [0.3, 0.4) is 0 Å². The zero-order valence-electron chi connectivity index (χ0n) is 19.3. The van der Waals surface area contributed by atoms with E-state index in [9.17, 15) is 9.59 Å². The molecule has 12 heteroatoms. The number of rotatable bonds is 9. The number of carbonyl (C=O) groups is 2. The van der Waals surface area contributed by atoms with Crippen molar-refractivity contribution in [1.29, 1.82) is 0 Å². The Morgan fingerprint density at radius 1 is 1.29 bits per heavy atom. The maximum Gasteiger partial charge on any atom is 0.341 e. The predicted octanol–water partition coefficient (Wildman–Crippen LogP) is 5.71. The summed E-state index contributed by atoms with van der Waals surface area (Å²) in [6.45, 7) is 5.71. The van der Waals surface area contributed by atoms with Gasteiger partial charge in [-0.1, -0.05) is 41.9 Å². The van der Waals surface area contributed by atoms with Crippen molar-refractivity contribution in [1.82, 2.24) is 14.8 Å². The van der Waals surface area contributed by atoms with Gasteiger partial charge in [0.1, 0.15) is 10.8 Å². The number of nitrogens with zero attached hydrogens (tertiary/aromatic N) is 3. The van der Waals surface area contributed by atoms with E-state index in [2.05, 4.69) is 15.5 Å². The fourth-order valence-electron chi connectivity index (χ4n) is 3.32. The highest BCUT2D eigenvalue weighted by molar-refractivity contribution is 7.99. The van der Waals surface area contributed by atoms with Crippen molar-refractivity contribution >= 4 is 63.2 Å². The lowest BCUT2D eigenvalue weighted by atomic mass is 10.1. The lowest BCUT2D eigenvalue weighted by molar-refractivity contribution is -0.113. The van der Waals surface area contributed by atoms with Gasteiger partial charge in [0.15, 0.2) is 17.1 Å². The van der Waals surface area contributed by atoms with Gasteiger partial charge in [-0.3, -0.25) is 4.79 Å². The van der Waals surface area contributed by atoms with E-state index in [0.717, 1.165) is 10.4 Å². The molecular weight excluding hydrogens is 519 g/mol. The van der Waals surface area contributed by atoms with Gasteiger partial charge in [0, 0.05) is 16.9 Å². The number of thiophene rings is 1. The van der Waals surface area contributed by atoms with E-state index in [1.54, 1.807) is 29.8 Å². The SMILES string of the molecule is CCc1c(C)sc(NC(=O)CSc2nnc(C(C)Oc3ccc(Cl)cc3Cl)n2C)c1C(=O)OC. The molecule has 0 aliphatic heterocycles. The highest BCUT2D eigenvalue weighted by Crippen LogP contribution is 2.34. The second-order valence-electron chi connectivity index (χ2n) is 7.26. The number of amides is 1. The Morgan fingerprint density at radius 3 is 2.68 bits per heavy atom. The fourth-order valence-corrected chi connectivity index (χ4v) is 5.64. The number of aromatic nitrogens is 3. The second kappa shape index (κ2) is 11.4. The second-order valence-corrected chi connectivity index (χ2v) is 10.3. The molecule has 8 nitrogen and oxygen atoms in total. The number of esters is 1. The van der Waals surface area contributed by atoms with Crippen LogP contribution in [-0.2, 0) is 23.0 Å². The van der Waals surface area contributed by atoms with Crippen LogP contribution in [0.5, 0.6) is 5.75 Å². The number of thioether (sulfide) groups is 1. The van der Waals surface area contributed by atoms with Crippen molar-refractivity contribution in [3.8, 4) is 5.75 Å². The molecule has 3 rings (SSSR count). The average molecular weight is 543 g/mol. The van der Waals surface area contributed by atoms with Crippen LogP contribution in [-0.4, -0.2) is 39.5 Å². The molecule has 2 heterocycles. The van der Waals surface area contributed by atoms with Gasteiger partial charge < -0.3 is 19.4 Å². The summed E-state index contributed by atoms with van der Waals surface area (Å²) in [5.41, 5.74) is 1.30. The van der Waals surface area contributed by atoms with Crippen LogP contribution in [0.2, 0.25) is 10.0 Å². The lowest BCUT2D eigenvalue weighted by Crippen LogP contribution is -2.16.